The molecule has 0 unspecified atom stereocenters. The predicted octanol–water partition coefficient (Wildman–Crippen LogP) is 2.41. The Kier molecular flexibility index (Phi) is 13.5. The summed E-state index contributed by atoms with van der Waals surface area (Å²) in [5, 5.41) is 0.218. The maximum absolute atomic E-state index is 11.0. The summed E-state index contributed by atoms with van der Waals surface area (Å²) in [4.78, 5) is 21.9. The fraction of sp³-hybridized carbons (Fsp3) is 1.00. The number of rotatable bonds is 8. The van der Waals surface area contributed by atoms with Crippen LogP contribution in [0.4, 0.5) is 0 Å². The topological polar surface area (TPSA) is 46.1 Å². The minimum absolute atomic E-state index is 0. The summed E-state index contributed by atoms with van der Waals surface area (Å²) in [6.07, 6.45) is 6.37. The van der Waals surface area contributed by atoms with Crippen molar-refractivity contribution in [3.8, 4) is 0 Å². The van der Waals surface area contributed by atoms with Crippen LogP contribution in [-0.4, -0.2) is 5.25 Å². The molecule has 0 aromatic rings. The smallest absolute Gasteiger partial charge is 0.825 e. The van der Waals surface area contributed by atoms with Gasteiger partial charge >= 0.3 is 19.5 Å². The van der Waals surface area contributed by atoms with Gasteiger partial charge in [-0.2, -0.15) is 17.1 Å². The van der Waals surface area contributed by atoms with Crippen LogP contribution < -0.4 is 9.79 Å². The fourth-order valence-corrected chi connectivity index (χ4v) is 5.03. The molecule has 15 heavy (non-hydrogen) atoms. The predicted molar refractivity (Wildman–Crippen MR) is 64.7 cm³/mol. The van der Waals surface area contributed by atoms with Crippen molar-refractivity contribution in [1.29, 1.82) is 0 Å². The van der Waals surface area contributed by atoms with Crippen molar-refractivity contribution in [2.24, 2.45) is 0 Å². The monoisotopic (exact) mass is 318 g/mol. The quantitative estimate of drug-likeness (QED) is 0.509. The molecule has 0 saturated heterocycles. The molecule has 6 heteroatoms. The molecule has 0 aromatic carbocycles. The summed E-state index contributed by atoms with van der Waals surface area (Å²) in [5.41, 5.74) is -3.55. The van der Waals surface area contributed by atoms with Gasteiger partial charge in [-0.05, 0) is 12.8 Å². The third kappa shape index (κ3) is 13.5. The van der Waals surface area contributed by atoms with Gasteiger partial charge in [0.1, 0.15) is 0 Å². The van der Waals surface area contributed by atoms with Crippen LogP contribution in [0.15, 0.2) is 0 Å². The molecule has 86 valence electrons. The molecular weight excluding hydrogens is 301 g/mol. The van der Waals surface area contributed by atoms with Gasteiger partial charge in [0.2, 0.25) is 0 Å². The Bertz CT molecular complexity index is 179. The number of hydrogen-bond acceptors (Lipinski definition) is 4. The Balaban J connectivity index is 0. The molecule has 0 fully saturated rings. The molecule has 2 nitrogen and oxygen atoms in total. The van der Waals surface area contributed by atoms with Crippen LogP contribution in [0.2, 0.25) is 0 Å². The Morgan fingerprint density at radius 1 is 1.13 bits per heavy atom. The first-order valence-corrected chi connectivity index (χ1v) is 9.32. The second-order valence-corrected chi connectivity index (χ2v) is 9.44. The van der Waals surface area contributed by atoms with Crippen molar-refractivity contribution in [3.05, 3.63) is 0 Å². The zero-order valence-electron chi connectivity index (χ0n) is 9.61. The van der Waals surface area contributed by atoms with Gasteiger partial charge in [-0.1, -0.05) is 39.5 Å². The first kappa shape index (κ1) is 18.9. The van der Waals surface area contributed by atoms with Crippen LogP contribution in [0, 0.1) is 0 Å². The van der Waals surface area contributed by atoms with Crippen molar-refractivity contribution >= 4 is 28.9 Å². The zero-order valence-corrected chi connectivity index (χ0v) is 15.1. The van der Waals surface area contributed by atoms with E-state index in [1.807, 2.05) is 0 Å². The molecule has 0 aliphatic heterocycles. The van der Waals surface area contributed by atoms with Crippen LogP contribution in [0.25, 0.3) is 0 Å². The van der Waals surface area contributed by atoms with E-state index in [2.05, 4.69) is 25.7 Å². The van der Waals surface area contributed by atoms with Gasteiger partial charge in [-0.25, -0.2) is 0 Å². The van der Waals surface area contributed by atoms with E-state index in [0.29, 0.717) is 0 Å². The number of hydrogen-bond donors (Lipinski definition) is 0. The van der Waals surface area contributed by atoms with Gasteiger partial charge in [-0.3, -0.25) is 0 Å². The molecule has 0 amide bonds. The first-order chi connectivity index (χ1) is 6.49. The van der Waals surface area contributed by atoms with Crippen molar-refractivity contribution in [3.63, 3.8) is 0 Å². The fourth-order valence-electron chi connectivity index (χ4n) is 1.30. The van der Waals surface area contributed by atoms with Gasteiger partial charge in [0.25, 0.3) is 0 Å². The molecule has 0 rings (SSSR count). The van der Waals surface area contributed by atoms with Gasteiger partial charge in [0.15, 0.2) is 0 Å². The van der Waals surface area contributed by atoms with E-state index in [1.54, 1.807) is 0 Å². The van der Waals surface area contributed by atoms with Crippen LogP contribution in [0.3, 0.4) is 0 Å². The van der Waals surface area contributed by atoms with E-state index in [-0.39, 0.29) is 24.7 Å². The molecule has 0 aromatic heterocycles. The summed E-state index contributed by atoms with van der Waals surface area (Å²) in [5.74, 6) is 0. The summed E-state index contributed by atoms with van der Waals surface area (Å²) in [6.45, 7) is 4.23. The molecule has 0 N–H and O–H groups in total. The average molecular weight is 320 g/mol. The Labute approximate surface area is 115 Å². The van der Waals surface area contributed by atoms with E-state index in [9.17, 15) is 9.79 Å². The minimum atomic E-state index is -3.55. The maximum atomic E-state index is 11.0. The van der Waals surface area contributed by atoms with E-state index >= 15 is 0 Å². The molecule has 0 heterocycles. The Morgan fingerprint density at radius 2 is 1.53 bits per heavy atom. The van der Waals surface area contributed by atoms with Crippen molar-refractivity contribution < 1.29 is 29.3 Å². The first-order valence-electron chi connectivity index (χ1n) is 5.20. The van der Waals surface area contributed by atoms with Gasteiger partial charge in [0, 0.05) is 5.25 Å². The molecule has 0 bridgehead atoms. The molecule has 0 spiro atoms. The molecule has 0 aliphatic rings. The molecule has 0 atom stereocenters. The van der Waals surface area contributed by atoms with Gasteiger partial charge in [0.05, 0.1) is 0 Å². The normalized spacial score (nSPS) is 11.5. The van der Waals surface area contributed by atoms with Crippen LogP contribution in [0.1, 0.15) is 52.4 Å². The standard InChI is InChI=1S/C9H21O2PS2.Zn/c1-3-5-7-9(8-6-4-2)14-12(10,11)13;/h9H,3-8H2,1-2H3,(H2,10,11,13);/q;+2/p-2. The zero-order chi connectivity index (χ0) is 11.0. The van der Waals surface area contributed by atoms with Crippen LogP contribution >= 0.6 is 17.1 Å². The summed E-state index contributed by atoms with van der Waals surface area (Å²) >= 11 is 5.42. The maximum Gasteiger partial charge on any atom is 2.00 e. The second-order valence-electron chi connectivity index (χ2n) is 3.46. The summed E-state index contributed by atoms with van der Waals surface area (Å²) < 4.78 is 0. The van der Waals surface area contributed by atoms with E-state index < -0.39 is 5.69 Å². The van der Waals surface area contributed by atoms with Crippen LogP contribution in [-0.2, 0) is 31.3 Å². The Morgan fingerprint density at radius 3 is 1.80 bits per heavy atom. The largest absolute Gasteiger partial charge is 2.00 e. The summed E-state index contributed by atoms with van der Waals surface area (Å²) in [7, 11) is 0. The molecular formula is C9H19O2PS2Zn. The second kappa shape index (κ2) is 10.7. The number of unbranched alkanes of at least 4 members (excludes halogenated alkanes) is 2. The average Bonchev–Trinajstić information content (AvgIpc) is 2.07. The molecule has 0 aliphatic carbocycles. The third-order valence-electron chi connectivity index (χ3n) is 2.04. The van der Waals surface area contributed by atoms with Gasteiger partial charge < -0.3 is 9.79 Å². The van der Waals surface area contributed by atoms with Crippen LogP contribution in [0.5, 0.6) is 0 Å². The molecule has 0 radical (unpaired) electrons. The van der Waals surface area contributed by atoms with E-state index in [0.717, 1.165) is 49.9 Å². The minimum Gasteiger partial charge on any atom is -0.825 e. The van der Waals surface area contributed by atoms with Gasteiger partial charge in [-0.15, -0.1) is 11.8 Å². The van der Waals surface area contributed by atoms with E-state index in [4.69, 9.17) is 0 Å². The summed E-state index contributed by atoms with van der Waals surface area (Å²) in [6, 6.07) is 0. The Hall–Kier alpha value is 1.54. The SMILES string of the molecule is CCCCC(CCCC)SP([O-])([O-])=S.[Zn+2]. The van der Waals surface area contributed by atoms with Crippen molar-refractivity contribution in [1.82, 2.24) is 0 Å². The van der Waals surface area contributed by atoms with Crippen molar-refractivity contribution in [2.45, 2.75) is 57.6 Å². The third-order valence-corrected chi connectivity index (χ3v) is 5.51. The molecule has 0 saturated carbocycles. The van der Waals surface area contributed by atoms with Crippen molar-refractivity contribution in [2.75, 3.05) is 0 Å². The van der Waals surface area contributed by atoms with E-state index in [1.165, 1.54) is 0 Å².